The van der Waals surface area contributed by atoms with Crippen molar-refractivity contribution in [1.82, 2.24) is 5.32 Å². The number of rotatable bonds is 9. The highest BCUT2D eigenvalue weighted by atomic mass is 32.2. The Balaban J connectivity index is 2.83. The van der Waals surface area contributed by atoms with Crippen molar-refractivity contribution in [2.24, 2.45) is 0 Å². The molecule has 0 aromatic heterocycles. The molecule has 0 radical (unpaired) electrons. The van der Waals surface area contributed by atoms with Crippen LogP contribution < -0.4 is 5.32 Å². The molecule has 0 heterocycles. The summed E-state index contributed by atoms with van der Waals surface area (Å²) in [6.07, 6.45) is 1.96. The third-order valence-electron chi connectivity index (χ3n) is 3.62. The number of hydrogen-bond acceptors (Lipinski definition) is 3. The summed E-state index contributed by atoms with van der Waals surface area (Å²) in [5.41, 5.74) is 1.35. The van der Waals surface area contributed by atoms with Gasteiger partial charge in [0.25, 0.3) is 0 Å². The van der Waals surface area contributed by atoms with Crippen molar-refractivity contribution in [2.45, 2.75) is 63.2 Å². The summed E-state index contributed by atoms with van der Waals surface area (Å²) in [5.74, 6) is 0. The first-order chi connectivity index (χ1) is 9.60. The van der Waals surface area contributed by atoms with E-state index >= 15 is 0 Å². The van der Waals surface area contributed by atoms with Gasteiger partial charge in [-0.25, -0.2) is 0 Å². The van der Waals surface area contributed by atoms with Crippen molar-refractivity contribution in [3.8, 4) is 0 Å². The summed E-state index contributed by atoms with van der Waals surface area (Å²) in [6.45, 7) is 9.44. The van der Waals surface area contributed by atoms with E-state index in [1.807, 2.05) is 18.7 Å². The Hall–Kier alpha value is -0.510. The summed E-state index contributed by atoms with van der Waals surface area (Å²) in [5, 5.41) is 14.2. The van der Waals surface area contributed by atoms with Crippen LogP contribution in [0.1, 0.15) is 52.1 Å². The maximum Gasteiger partial charge on any atom is 0.0628 e. The Morgan fingerprint density at radius 2 is 1.80 bits per heavy atom. The first kappa shape index (κ1) is 17.5. The quantitative estimate of drug-likeness (QED) is 0.722. The van der Waals surface area contributed by atoms with Gasteiger partial charge in [-0.05, 0) is 31.9 Å². The minimum Gasteiger partial charge on any atom is -0.392 e. The summed E-state index contributed by atoms with van der Waals surface area (Å²) >= 11 is 1.89. The highest BCUT2D eigenvalue weighted by Gasteiger charge is 2.25. The van der Waals surface area contributed by atoms with Crippen LogP contribution in [-0.4, -0.2) is 28.3 Å². The monoisotopic (exact) mass is 295 g/mol. The van der Waals surface area contributed by atoms with Gasteiger partial charge in [0, 0.05) is 16.5 Å². The summed E-state index contributed by atoms with van der Waals surface area (Å²) in [7, 11) is 0. The summed E-state index contributed by atoms with van der Waals surface area (Å²) in [6, 6.07) is 11.0. The van der Waals surface area contributed by atoms with Gasteiger partial charge in [-0.15, -0.1) is 0 Å². The molecule has 0 bridgehead atoms. The van der Waals surface area contributed by atoms with Gasteiger partial charge in [0.05, 0.1) is 6.10 Å². The second-order valence-corrected chi connectivity index (χ2v) is 6.99. The fraction of sp³-hybridized carbons (Fsp3) is 0.647. The Labute approximate surface area is 128 Å². The van der Waals surface area contributed by atoms with E-state index < -0.39 is 0 Å². The Bertz CT molecular complexity index is 355. The molecule has 0 saturated carbocycles. The number of nitrogens with one attached hydrogen (secondary N) is 1. The number of hydrogen-bond donors (Lipinski definition) is 2. The van der Waals surface area contributed by atoms with Crippen LogP contribution >= 0.6 is 11.8 Å². The van der Waals surface area contributed by atoms with Crippen molar-refractivity contribution >= 4 is 11.8 Å². The van der Waals surface area contributed by atoms with Gasteiger partial charge in [-0.2, -0.15) is 11.8 Å². The second kappa shape index (κ2) is 9.43. The fourth-order valence-corrected chi connectivity index (χ4v) is 3.61. The van der Waals surface area contributed by atoms with Gasteiger partial charge >= 0.3 is 0 Å². The van der Waals surface area contributed by atoms with Gasteiger partial charge in [-0.1, -0.05) is 51.1 Å². The van der Waals surface area contributed by atoms with Gasteiger partial charge in [-0.3, -0.25) is 0 Å². The van der Waals surface area contributed by atoms with Crippen molar-refractivity contribution in [3.63, 3.8) is 0 Å². The number of aliphatic hydroxyl groups excluding tert-OH is 1. The molecule has 0 fully saturated rings. The standard InChI is InChI=1S/C17H29NOS/c1-5-12-18-17(15-10-8-7-9-11-15)16(6-2)20-14(4)13(3)19/h7-11,13-14,16-19H,5-6,12H2,1-4H3. The van der Waals surface area contributed by atoms with Gasteiger partial charge < -0.3 is 10.4 Å². The zero-order chi connectivity index (χ0) is 15.0. The zero-order valence-corrected chi connectivity index (χ0v) is 14.0. The normalized spacial score (nSPS) is 17.4. The number of benzene rings is 1. The molecule has 0 aliphatic heterocycles. The Morgan fingerprint density at radius 3 is 2.30 bits per heavy atom. The summed E-state index contributed by atoms with van der Waals surface area (Å²) < 4.78 is 0. The fourth-order valence-electron chi connectivity index (χ4n) is 2.22. The second-order valence-electron chi connectivity index (χ2n) is 5.37. The SMILES string of the molecule is CCCNC(c1ccccc1)C(CC)SC(C)C(C)O. The van der Waals surface area contributed by atoms with E-state index in [2.05, 4.69) is 56.4 Å². The van der Waals surface area contributed by atoms with Crippen LogP contribution in [-0.2, 0) is 0 Å². The predicted molar refractivity (Wildman–Crippen MR) is 90.3 cm³/mol. The first-order valence-electron chi connectivity index (χ1n) is 7.72. The van der Waals surface area contributed by atoms with Crippen LogP contribution in [0.25, 0.3) is 0 Å². The molecular weight excluding hydrogens is 266 g/mol. The summed E-state index contributed by atoms with van der Waals surface area (Å²) in [4.78, 5) is 0. The van der Waals surface area contributed by atoms with E-state index in [-0.39, 0.29) is 11.4 Å². The van der Waals surface area contributed by atoms with Crippen molar-refractivity contribution in [2.75, 3.05) is 6.54 Å². The highest BCUT2D eigenvalue weighted by Crippen LogP contribution is 2.33. The van der Waals surface area contributed by atoms with Crippen molar-refractivity contribution in [3.05, 3.63) is 35.9 Å². The van der Waals surface area contributed by atoms with E-state index in [0.717, 1.165) is 19.4 Å². The van der Waals surface area contributed by atoms with Crippen LogP contribution in [0.3, 0.4) is 0 Å². The molecule has 0 amide bonds. The molecule has 0 spiro atoms. The van der Waals surface area contributed by atoms with E-state index in [4.69, 9.17) is 0 Å². The third-order valence-corrected chi connectivity index (χ3v) is 5.39. The first-order valence-corrected chi connectivity index (χ1v) is 8.66. The molecule has 4 atom stereocenters. The largest absolute Gasteiger partial charge is 0.392 e. The molecule has 20 heavy (non-hydrogen) atoms. The van der Waals surface area contributed by atoms with E-state index in [0.29, 0.717) is 11.3 Å². The van der Waals surface area contributed by atoms with Gasteiger partial charge in [0.1, 0.15) is 0 Å². The van der Waals surface area contributed by atoms with Crippen LogP contribution in [0.5, 0.6) is 0 Å². The predicted octanol–water partition coefficient (Wildman–Crippen LogP) is 4.01. The van der Waals surface area contributed by atoms with E-state index in [1.54, 1.807) is 0 Å². The molecule has 114 valence electrons. The molecular formula is C17H29NOS. The average molecular weight is 295 g/mol. The molecule has 2 N–H and O–H groups in total. The Kier molecular flexibility index (Phi) is 8.27. The van der Waals surface area contributed by atoms with Crippen LogP contribution in [0.15, 0.2) is 30.3 Å². The third kappa shape index (κ3) is 5.47. The van der Waals surface area contributed by atoms with Crippen molar-refractivity contribution in [1.29, 1.82) is 0 Å². The maximum atomic E-state index is 9.75. The molecule has 0 aliphatic rings. The lowest BCUT2D eigenvalue weighted by Gasteiger charge is -2.30. The lowest BCUT2D eigenvalue weighted by Crippen LogP contribution is -2.33. The van der Waals surface area contributed by atoms with Crippen LogP contribution in [0.2, 0.25) is 0 Å². The average Bonchev–Trinajstić information content (AvgIpc) is 2.47. The van der Waals surface area contributed by atoms with E-state index in [9.17, 15) is 5.11 Å². The highest BCUT2D eigenvalue weighted by molar-refractivity contribution is 8.00. The molecule has 3 heteroatoms. The lowest BCUT2D eigenvalue weighted by atomic mass is 10.0. The topological polar surface area (TPSA) is 32.3 Å². The molecule has 1 aromatic rings. The molecule has 1 aromatic carbocycles. The molecule has 0 saturated heterocycles. The maximum absolute atomic E-state index is 9.75. The van der Waals surface area contributed by atoms with Gasteiger partial charge in [0.15, 0.2) is 0 Å². The molecule has 1 rings (SSSR count). The zero-order valence-electron chi connectivity index (χ0n) is 13.2. The number of aliphatic hydroxyl groups is 1. The van der Waals surface area contributed by atoms with E-state index in [1.165, 1.54) is 5.56 Å². The van der Waals surface area contributed by atoms with Crippen molar-refractivity contribution < 1.29 is 5.11 Å². The minimum absolute atomic E-state index is 0.259. The minimum atomic E-state index is -0.267. The van der Waals surface area contributed by atoms with Crippen LogP contribution in [0.4, 0.5) is 0 Å². The number of thioether (sulfide) groups is 1. The lowest BCUT2D eigenvalue weighted by molar-refractivity contribution is 0.196. The Morgan fingerprint density at radius 1 is 1.15 bits per heavy atom. The van der Waals surface area contributed by atoms with Gasteiger partial charge in [0.2, 0.25) is 0 Å². The van der Waals surface area contributed by atoms with Crippen LogP contribution in [0, 0.1) is 0 Å². The molecule has 4 unspecified atom stereocenters. The molecule has 0 aliphatic carbocycles. The smallest absolute Gasteiger partial charge is 0.0628 e. The molecule has 2 nitrogen and oxygen atoms in total.